The van der Waals surface area contributed by atoms with Gasteiger partial charge >= 0.3 is 0 Å². The molecule has 4 N–H and O–H groups in total. The summed E-state index contributed by atoms with van der Waals surface area (Å²) < 4.78 is 26.8. The predicted molar refractivity (Wildman–Crippen MR) is 87.6 cm³/mol. The molecule has 0 saturated carbocycles. The minimum absolute atomic E-state index is 0.0303. The molecule has 0 radical (unpaired) electrons. The number of aromatic amines is 2. The van der Waals surface area contributed by atoms with Crippen molar-refractivity contribution in [3.63, 3.8) is 0 Å². The van der Waals surface area contributed by atoms with Gasteiger partial charge in [0.2, 0.25) is 10.0 Å². The smallest absolute Gasteiger partial charge is 0.246 e. The van der Waals surface area contributed by atoms with Gasteiger partial charge in [-0.3, -0.25) is 10.2 Å². The van der Waals surface area contributed by atoms with E-state index in [4.69, 9.17) is 5.73 Å². The highest BCUT2D eigenvalue weighted by molar-refractivity contribution is 7.89. The number of rotatable bonds is 3. The number of sulfonamides is 1. The Hall–Kier alpha value is -2.46. The van der Waals surface area contributed by atoms with Crippen molar-refractivity contribution in [2.45, 2.75) is 23.7 Å². The molecule has 0 spiro atoms. The molecule has 0 bridgehead atoms. The van der Waals surface area contributed by atoms with Gasteiger partial charge in [-0.1, -0.05) is 0 Å². The number of pyridine rings is 1. The van der Waals surface area contributed by atoms with Crippen LogP contribution in [-0.2, 0) is 10.0 Å². The second-order valence-corrected chi connectivity index (χ2v) is 7.82. The second kappa shape index (κ2) is 5.56. The Bertz CT molecular complexity index is 964. The highest BCUT2D eigenvalue weighted by Crippen LogP contribution is 2.30. The van der Waals surface area contributed by atoms with Gasteiger partial charge in [0.05, 0.1) is 11.6 Å². The Morgan fingerprint density at radius 3 is 3.00 bits per heavy atom. The number of nitrogen functional groups attached to an aromatic ring is 1. The topological polar surface area (TPSA) is 134 Å². The third-order valence-corrected chi connectivity index (χ3v) is 6.21. The molecule has 1 saturated heterocycles. The van der Waals surface area contributed by atoms with Crippen molar-refractivity contribution in [1.29, 1.82) is 0 Å². The van der Waals surface area contributed by atoms with Gasteiger partial charge in [0.1, 0.15) is 10.7 Å². The number of hydrogen-bond donors (Lipinski definition) is 3. The summed E-state index contributed by atoms with van der Waals surface area (Å²) in [5.74, 6) is 0.514. The minimum Gasteiger partial charge on any atom is -0.384 e. The quantitative estimate of drug-likeness (QED) is 0.642. The van der Waals surface area contributed by atoms with Gasteiger partial charge in [-0.2, -0.15) is 14.5 Å². The zero-order valence-corrected chi connectivity index (χ0v) is 13.6. The van der Waals surface area contributed by atoms with Gasteiger partial charge in [-0.05, 0) is 25.0 Å². The van der Waals surface area contributed by atoms with E-state index in [1.54, 1.807) is 0 Å². The maximum atomic E-state index is 12.7. The molecular weight excluding hydrogens is 330 g/mol. The molecule has 0 amide bonds. The number of nitrogens with two attached hydrogens (primary N) is 1. The average Bonchev–Trinajstić information content (AvgIpc) is 3.25. The minimum atomic E-state index is -3.53. The number of fused-ring (bicyclic) bond motifs is 1. The molecule has 1 atom stereocenters. The Morgan fingerprint density at radius 1 is 1.33 bits per heavy atom. The van der Waals surface area contributed by atoms with Crippen LogP contribution in [0.3, 0.4) is 0 Å². The molecule has 126 valence electrons. The molecular formula is C14H17N7O2S. The van der Waals surface area contributed by atoms with Crippen molar-refractivity contribution < 1.29 is 8.42 Å². The van der Waals surface area contributed by atoms with Gasteiger partial charge in [-0.25, -0.2) is 13.4 Å². The van der Waals surface area contributed by atoms with E-state index in [9.17, 15) is 8.42 Å². The summed E-state index contributed by atoms with van der Waals surface area (Å²) in [7, 11) is -3.53. The molecule has 0 aromatic carbocycles. The number of piperidine rings is 1. The summed E-state index contributed by atoms with van der Waals surface area (Å²) in [5.41, 5.74) is 7.17. The SMILES string of the molecule is Nc1[nH]nc2nc([C@@H]3CCCN(S(=O)(=O)c4cn[nH]c4)C3)ccc12. The fraction of sp³-hybridized carbons (Fsp3) is 0.357. The number of nitrogens with zero attached hydrogens (tertiary/aromatic N) is 4. The zero-order chi connectivity index (χ0) is 16.7. The summed E-state index contributed by atoms with van der Waals surface area (Å²) in [6, 6.07) is 3.77. The standard InChI is InChI=1S/C14H17N7O2S/c15-13-11-3-4-12(18-14(11)20-19-13)9-2-1-5-21(8-9)24(22,23)10-6-16-17-7-10/h3-4,6-7,9H,1-2,5,8H2,(H,16,17)(H3,15,18,19,20)/t9-/m1/s1. The molecule has 0 aliphatic carbocycles. The molecule has 1 aliphatic heterocycles. The number of aromatic nitrogens is 5. The molecule has 10 heteroatoms. The first-order valence-corrected chi connectivity index (χ1v) is 9.09. The van der Waals surface area contributed by atoms with E-state index in [2.05, 4.69) is 25.4 Å². The largest absolute Gasteiger partial charge is 0.384 e. The lowest BCUT2D eigenvalue weighted by Crippen LogP contribution is -2.39. The lowest BCUT2D eigenvalue weighted by atomic mass is 9.95. The summed E-state index contributed by atoms with van der Waals surface area (Å²) in [4.78, 5) is 4.72. The van der Waals surface area contributed by atoms with E-state index < -0.39 is 10.0 Å². The Labute approximate surface area is 138 Å². The molecule has 24 heavy (non-hydrogen) atoms. The first-order valence-electron chi connectivity index (χ1n) is 7.65. The summed E-state index contributed by atoms with van der Waals surface area (Å²) in [5, 5.41) is 13.8. The Morgan fingerprint density at radius 2 is 2.21 bits per heavy atom. The van der Waals surface area contributed by atoms with E-state index in [0.717, 1.165) is 23.9 Å². The first-order chi connectivity index (χ1) is 11.6. The molecule has 4 heterocycles. The van der Waals surface area contributed by atoms with Crippen LogP contribution in [0.2, 0.25) is 0 Å². The molecule has 3 aromatic rings. The van der Waals surface area contributed by atoms with E-state index in [1.165, 1.54) is 16.7 Å². The normalized spacial score (nSPS) is 19.8. The summed E-state index contributed by atoms with van der Waals surface area (Å²) in [6.07, 6.45) is 4.39. The molecule has 4 rings (SSSR count). The van der Waals surface area contributed by atoms with Crippen molar-refractivity contribution in [2.24, 2.45) is 0 Å². The maximum Gasteiger partial charge on any atom is 0.246 e. The average molecular weight is 347 g/mol. The van der Waals surface area contributed by atoms with Crippen LogP contribution in [0.25, 0.3) is 11.0 Å². The van der Waals surface area contributed by atoms with Gasteiger partial charge in [0, 0.05) is 30.9 Å². The van der Waals surface area contributed by atoms with Crippen LogP contribution in [-0.4, -0.2) is 51.2 Å². The number of anilines is 1. The van der Waals surface area contributed by atoms with Crippen molar-refractivity contribution in [3.05, 3.63) is 30.2 Å². The molecule has 0 unspecified atom stereocenters. The Balaban J connectivity index is 1.62. The van der Waals surface area contributed by atoms with E-state index >= 15 is 0 Å². The van der Waals surface area contributed by atoms with Crippen LogP contribution >= 0.6 is 0 Å². The molecule has 3 aromatic heterocycles. The van der Waals surface area contributed by atoms with Crippen LogP contribution in [0.4, 0.5) is 5.82 Å². The summed E-state index contributed by atoms with van der Waals surface area (Å²) in [6.45, 7) is 0.896. The molecule has 1 aliphatic rings. The predicted octanol–water partition coefficient (Wildman–Crippen LogP) is 0.831. The molecule has 9 nitrogen and oxygen atoms in total. The fourth-order valence-corrected chi connectivity index (χ4v) is 4.52. The van der Waals surface area contributed by atoms with Crippen molar-refractivity contribution in [2.75, 3.05) is 18.8 Å². The van der Waals surface area contributed by atoms with Crippen molar-refractivity contribution in [1.82, 2.24) is 29.7 Å². The second-order valence-electron chi connectivity index (χ2n) is 5.88. The van der Waals surface area contributed by atoms with Gasteiger partial charge in [-0.15, -0.1) is 0 Å². The van der Waals surface area contributed by atoms with Gasteiger partial charge in [0.25, 0.3) is 0 Å². The van der Waals surface area contributed by atoms with Crippen LogP contribution in [0.1, 0.15) is 24.5 Å². The fourth-order valence-electron chi connectivity index (χ4n) is 3.09. The number of nitrogens with one attached hydrogen (secondary N) is 2. The van der Waals surface area contributed by atoms with Crippen molar-refractivity contribution in [3.8, 4) is 0 Å². The van der Waals surface area contributed by atoms with Crippen LogP contribution in [0.5, 0.6) is 0 Å². The van der Waals surface area contributed by atoms with E-state index in [0.29, 0.717) is 24.6 Å². The highest BCUT2D eigenvalue weighted by atomic mass is 32.2. The third kappa shape index (κ3) is 2.43. The van der Waals surface area contributed by atoms with Crippen LogP contribution in [0, 0.1) is 0 Å². The Kier molecular flexibility index (Phi) is 3.50. The van der Waals surface area contributed by atoms with Gasteiger partial charge < -0.3 is 5.73 Å². The van der Waals surface area contributed by atoms with Gasteiger partial charge in [0.15, 0.2) is 5.65 Å². The highest BCUT2D eigenvalue weighted by Gasteiger charge is 2.32. The van der Waals surface area contributed by atoms with Crippen LogP contribution < -0.4 is 5.73 Å². The lowest BCUT2D eigenvalue weighted by molar-refractivity contribution is 0.313. The third-order valence-electron chi connectivity index (χ3n) is 4.38. The first kappa shape index (κ1) is 15.1. The molecule has 1 fully saturated rings. The van der Waals surface area contributed by atoms with Crippen LogP contribution in [0.15, 0.2) is 29.4 Å². The zero-order valence-electron chi connectivity index (χ0n) is 12.8. The van der Waals surface area contributed by atoms with E-state index in [-0.39, 0.29) is 10.8 Å². The maximum absolute atomic E-state index is 12.7. The van der Waals surface area contributed by atoms with E-state index in [1.807, 2.05) is 12.1 Å². The summed E-state index contributed by atoms with van der Waals surface area (Å²) >= 11 is 0. The van der Waals surface area contributed by atoms with Crippen molar-refractivity contribution >= 4 is 26.9 Å². The number of hydrogen-bond acceptors (Lipinski definition) is 6. The monoisotopic (exact) mass is 347 g/mol. The number of H-pyrrole nitrogens is 2. The lowest BCUT2D eigenvalue weighted by Gasteiger charge is -2.31.